The van der Waals surface area contributed by atoms with E-state index in [0.717, 1.165) is 64.5 Å². The number of nitrogens with zero attached hydrogens (tertiary/aromatic N) is 3. The van der Waals surface area contributed by atoms with Gasteiger partial charge in [0.2, 0.25) is 0 Å². The molecule has 0 aliphatic carbocycles. The molecule has 1 atom stereocenters. The van der Waals surface area contributed by atoms with Gasteiger partial charge in [-0.3, -0.25) is 9.69 Å². The minimum atomic E-state index is 0.0979. The third-order valence-electron chi connectivity index (χ3n) is 5.05. The number of hydrogen-bond donors (Lipinski definition) is 0. The Kier molecular flexibility index (Phi) is 5.92. The van der Waals surface area contributed by atoms with Gasteiger partial charge in [0, 0.05) is 32.2 Å². The van der Waals surface area contributed by atoms with E-state index in [9.17, 15) is 4.79 Å². The Morgan fingerprint density at radius 3 is 2.79 bits per heavy atom. The lowest BCUT2D eigenvalue weighted by Gasteiger charge is -2.28. The Labute approximate surface area is 144 Å². The number of furan rings is 1. The molecule has 0 spiro atoms. The Bertz CT molecular complexity index is 537. The van der Waals surface area contributed by atoms with Gasteiger partial charge in [-0.25, -0.2) is 0 Å². The summed E-state index contributed by atoms with van der Waals surface area (Å²) in [5.41, 5.74) is 0.678. The molecule has 24 heavy (non-hydrogen) atoms. The highest BCUT2D eigenvalue weighted by atomic mass is 16.5. The second kappa shape index (κ2) is 8.14. The molecule has 2 fully saturated rings. The molecule has 0 saturated carbocycles. The molecule has 0 N–H and O–H groups in total. The molecule has 2 saturated heterocycles. The van der Waals surface area contributed by atoms with Crippen LogP contribution in [0.5, 0.6) is 0 Å². The third kappa shape index (κ3) is 4.37. The van der Waals surface area contributed by atoms with Crippen LogP contribution < -0.4 is 0 Å². The molecule has 1 aromatic heterocycles. The average Bonchev–Trinajstić information content (AvgIpc) is 2.90. The Morgan fingerprint density at radius 2 is 2.04 bits per heavy atom. The number of ether oxygens (including phenoxy) is 1. The van der Waals surface area contributed by atoms with Gasteiger partial charge in [-0.2, -0.15) is 0 Å². The highest BCUT2D eigenvalue weighted by Crippen LogP contribution is 2.18. The van der Waals surface area contributed by atoms with Crippen LogP contribution in [-0.2, 0) is 11.3 Å². The fraction of sp³-hybridized carbons (Fsp3) is 0.722. The van der Waals surface area contributed by atoms with Crippen LogP contribution in [0.15, 0.2) is 16.7 Å². The van der Waals surface area contributed by atoms with Crippen LogP contribution >= 0.6 is 0 Å². The van der Waals surface area contributed by atoms with Crippen LogP contribution in [0.4, 0.5) is 0 Å². The van der Waals surface area contributed by atoms with E-state index in [4.69, 9.17) is 9.15 Å². The maximum Gasteiger partial charge on any atom is 0.257 e. The lowest BCUT2D eigenvalue weighted by molar-refractivity contribution is 0.0313. The second-order valence-electron chi connectivity index (χ2n) is 7.05. The molecule has 0 radical (unpaired) electrons. The van der Waals surface area contributed by atoms with Gasteiger partial charge < -0.3 is 19.0 Å². The van der Waals surface area contributed by atoms with E-state index in [1.54, 1.807) is 6.26 Å². The third-order valence-corrected chi connectivity index (χ3v) is 5.05. The molecule has 0 bridgehead atoms. The number of likely N-dealkylation sites (N-methyl/N-ethyl adjacent to an activating group) is 1. The first kappa shape index (κ1) is 17.5. The Morgan fingerprint density at radius 1 is 1.25 bits per heavy atom. The zero-order chi connectivity index (χ0) is 16.9. The van der Waals surface area contributed by atoms with Crippen molar-refractivity contribution in [3.63, 3.8) is 0 Å². The van der Waals surface area contributed by atoms with E-state index in [1.165, 1.54) is 6.42 Å². The lowest BCUT2D eigenvalue weighted by atomic mass is 10.1. The first-order valence-corrected chi connectivity index (χ1v) is 8.96. The first-order chi connectivity index (χ1) is 11.6. The highest BCUT2D eigenvalue weighted by molar-refractivity contribution is 5.94. The summed E-state index contributed by atoms with van der Waals surface area (Å²) in [5.74, 6) is 0.958. The molecular weight excluding hydrogens is 306 g/mol. The van der Waals surface area contributed by atoms with E-state index >= 15 is 0 Å². The van der Waals surface area contributed by atoms with Crippen LogP contribution in [0.2, 0.25) is 0 Å². The van der Waals surface area contributed by atoms with Crippen LogP contribution in [0.3, 0.4) is 0 Å². The van der Waals surface area contributed by atoms with Gasteiger partial charge in [0.15, 0.2) is 0 Å². The van der Waals surface area contributed by atoms with E-state index in [0.29, 0.717) is 11.6 Å². The largest absolute Gasteiger partial charge is 0.467 e. The predicted molar refractivity (Wildman–Crippen MR) is 92.0 cm³/mol. The standard InChI is InChI=1S/C18H29N3O3/c1-19(2)16-5-3-4-6-21(12-16)18(22)15-11-17(24-14-15)13-20-7-9-23-10-8-20/h11,14,16H,3-10,12-13H2,1-2H3/t16-/m0/s1. The van der Waals surface area contributed by atoms with Crippen LogP contribution in [0.1, 0.15) is 35.4 Å². The molecular formula is C18H29N3O3. The van der Waals surface area contributed by atoms with Crippen molar-refractivity contribution in [3.05, 3.63) is 23.7 Å². The number of likely N-dealkylation sites (tertiary alicyclic amines) is 1. The van der Waals surface area contributed by atoms with Crippen LogP contribution in [-0.4, -0.2) is 80.1 Å². The molecule has 6 nitrogen and oxygen atoms in total. The zero-order valence-corrected chi connectivity index (χ0v) is 14.9. The molecule has 1 aromatic rings. The van der Waals surface area contributed by atoms with Gasteiger partial charge in [0.25, 0.3) is 5.91 Å². The van der Waals surface area contributed by atoms with Crippen molar-refractivity contribution < 1.29 is 13.9 Å². The van der Waals surface area contributed by atoms with Gasteiger partial charge >= 0.3 is 0 Å². The fourth-order valence-electron chi connectivity index (χ4n) is 3.46. The summed E-state index contributed by atoms with van der Waals surface area (Å²) in [4.78, 5) is 19.4. The summed E-state index contributed by atoms with van der Waals surface area (Å²) in [6.07, 6.45) is 5.03. The van der Waals surface area contributed by atoms with Gasteiger partial charge in [0.05, 0.1) is 25.3 Å². The maximum absolute atomic E-state index is 12.8. The molecule has 2 aliphatic heterocycles. The topological polar surface area (TPSA) is 49.2 Å². The molecule has 0 aromatic carbocycles. The summed E-state index contributed by atoms with van der Waals surface area (Å²) >= 11 is 0. The molecule has 1 amide bonds. The van der Waals surface area contributed by atoms with Crippen molar-refractivity contribution in [1.82, 2.24) is 14.7 Å². The van der Waals surface area contributed by atoms with Crippen molar-refractivity contribution in [1.29, 1.82) is 0 Å². The summed E-state index contributed by atoms with van der Waals surface area (Å²) < 4.78 is 11.0. The minimum Gasteiger partial charge on any atom is -0.467 e. The molecule has 2 aliphatic rings. The fourth-order valence-corrected chi connectivity index (χ4v) is 3.46. The summed E-state index contributed by atoms with van der Waals surface area (Å²) in [5, 5.41) is 0. The smallest absolute Gasteiger partial charge is 0.257 e. The van der Waals surface area contributed by atoms with Crippen LogP contribution in [0, 0.1) is 0 Å². The quantitative estimate of drug-likeness (QED) is 0.838. The van der Waals surface area contributed by atoms with Gasteiger partial charge in [-0.05, 0) is 33.0 Å². The van der Waals surface area contributed by atoms with E-state index in [2.05, 4.69) is 23.9 Å². The highest BCUT2D eigenvalue weighted by Gasteiger charge is 2.25. The Balaban J connectivity index is 1.61. The average molecular weight is 335 g/mol. The number of carbonyl (C=O) groups excluding carboxylic acids is 1. The molecule has 0 unspecified atom stereocenters. The number of carbonyl (C=O) groups is 1. The number of morpholine rings is 1. The summed E-state index contributed by atoms with van der Waals surface area (Å²) in [6, 6.07) is 2.35. The van der Waals surface area contributed by atoms with E-state index in [1.807, 2.05) is 11.0 Å². The van der Waals surface area contributed by atoms with Crippen molar-refractivity contribution in [2.24, 2.45) is 0 Å². The molecule has 134 valence electrons. The van der Waals surface area contributed by atoms with Crippen molar-refractivity contribution >= 4 is 5.91 Å². The van der Waals surface area contributed by atoms with Crippen LogP contribution in [0.25, 0.3) is 0 Å². The number of amides is 1. The minimum absolute atomic E-state index is 0.0979. The Hall–Kier alpha value is -1.37. The summed E-state index contributed by atoms with van der Waals surface area (Å²) in [7, 11) is 4.19. The number of rotatable bonds is 4. The molecule has 6 heteroatoms. The SMILES string of the molecule is CN(C)[C@H]1CCCCN(C(=O)c2coc(CN3CCOCC3)c2)C1. The monoisotopic (exact) mass is 335 g/mol. The first-order valence-electron chi connectivity index (χ1n) is 8.96. The van der Waals surface area contributed by atoms with E-state index < -0.39 is 0 Å². The maximum atomic E-state index is 12.8. The van der Waals surface area contributed by atoms with Crippen molar-refractivity contribution in [2.45, 2.75) is 31.8 Å². The van der Waals surface area contributed by atoms with Crippen molar-refractivity contribution in [2.75, 3.05) is 53.5 Å². The van der Waals surface area contributed by atoms with E-state index in [-0.39, 0.29) is 5.91 Å². The van der Waals surface area contributed by atoms with Crippen molar-refractivity contribution in [3.8, 4) is 0 Å². The predicted octanol–water partition coefficient (Wildman–Crippen LogP) is 1.67. The van der Waals surface area contributed by atoms with Gasteiger partial charge in [-0.15, -0.1) is 0 Å². The summed E-state index contributed by atoms with van der Waals surface area (Å²) in [6.45, 7) is 5.76. The number of hydrogen-bond acceptors (Lipinski definition) is 5. The lowest BCUT2D eigenvalue weighted by Crippen LogP contribution is -2.41. The zero-order valence-electron chi connectivity index (χ0n) is 14.9. The normalized spacial score (nSPS) is 23.5. The van der Waals surface area contributed by atoms with Gasteiger partial charge in [-0.1, -0.05) is 6.42 Å². The molecule has 3 rings (SSSR count). The molecule has 3 heterocycles. The second-order valence-corrected chi connectivity index (χ2v) is 7.05. The van der Waals surface area contributed by atoms with Gasteiger partial charge in [0.1, 0.15) is 12.0 Å².